The number of benzene rings is 3. The predicted octanol–water partition coefficient (Wildman–Crippen LogP) is 5.29. The quantitative estimate of drug-likeness (QED) is 0.461. The van der Waals surface area contributed by atoms with Crippen LogP contribution in [0.15, 0.2) is 71.3 Å². The Morgan fingerprint density at radius 3 is 2.17 bits per heavy atom. The first-order valence-electron chi connectivity index (χ1n) is 9.53. The molecule has 0 amide bonds. The second-order valence-corrected chi connectivity index (χ2v) is 7.31. The van der Waals surface area contributed by atoms with E-state index >= 15 is 0 Å². The molecular formula is C24H19ClN2O3. The van der Waals surface area contributed by atoms with Gasteiger partial charge in [0, 0.05) is 10.8 Å². The summed E-state index contributed by atoms with van der Waals surface area (Å²) in [7, 11) is 0. The molecule has 3 aromatic rings. The maximum atomic E-state index is 12.9. The number of carbonyl (C=O) groups excluding carboxylic acids is 1. The molecule has 30 heavy (non-hydrogen) atoms. The van der Waals surface area contributed by atoms with Crippen LogP contribution < -0.4 is 5.73 Å². The van der Waals surface area contributed by atoms with Crippen LogP contribution in [-0.4, -0.2) is 12.6 Å². The highest BCUT2D eigenvalue weighted by Gasteiger charge is 2.38. The lowest BCUT2D eigenvalue weighted by Crippen LogP contribution is -2.26. The van der Waals surface area contributed by atoms with Crippen molar-refractivity contribution in [2.45, 2.75) is 19.8 Å². The third-order valence-electron chi connectivity index (χ3n) is 5.30. The van der Waals surface area contributed by atoms with Crippen molar-refractivity contribution >= 4 is 39.1 Å². The van der Waals surface area contributed by atoms with Crippen molar-refractivity contribution in [1.82, 2.24) is 0 Å². The molecule has 0 saturated carbocycles. The van der Waals surface area contributed by atoms with Crippen molar-refractivity contribution < 1.29 is 14.3 Å². The fourth-order valence-electron chi connectivity index (χ4n) is 4.06. The van der Waals surface area contributed by atoms with E-state index in [1.807, 2.05) is 48.5 Å². The molecule has 1 aliphatic rings. The Kier molecular flexibility index (Phi) is 5.11. The van der Waals surface area contributed by atoms with Gasteiger partial charge in [0.1, 0.15) is 17.4 Å². The highest BCUT2D eigenvalue weighted by molar-refractivity contribution is 6.41. The van der Waals surface area contributed by atoms with E-state index in [1.165, 1.54) is 0 Å². The molecule has 0 aromatic heterocycles. The number of esters is 1. The van der Waals surface area contributed by atoms with Gasteiger partial charge in [0.2, 0.25) is 5.88 Å². The summed E-state index contributed by atoms with van der Waals surface area (Å²) in [5.74, 6) is -0.979. The number of hydrogen-bond acceptors (Lipinski definition) is 5. The molecule has 2 N–H and O–H groups in total. The van der Waals surface area contributed by atoms with Crippen LogP contribution in [-0.2, 0) is 14.3 Å². The molecule has 3 aromatic carbocycles. The number of allylic oxidation sites excluding steroid dienone is 2. The minimum absolute atomic E-state index is 0.0174. The number of nitrogens with zero attached hydrogens (tertiary/aromatic N) is 1. The average Bonchev–Trinajstić information content (AvgIpc) is 2.74. The molecule has 0 fully saturated rings. The van der Waals surface area contributed by atoms with Crippen LogP contribution >= 0.6 is 11.6 Å². The normalized spacial score (nSPS) is 16.5. The van der Waals surface area contributed by atoms with Crippen LogP contribution in [0.5, 0.6) is 0 Å². The van der Waals surface area contributed by atoms with Gasteiger partial charge in [-0.3, -0.25) is 0 Å². The van der Waals surface area contributed by atoms with Crippen molar-refractivity contribution in [3.63, 3.8) is 0 Å². The number of fused-ring (bicyclic) bond motifs is 2. The second-order valence-electron chi connectivity index (χ2n) is 6.93. The van der Waals surface area contributed by atoms with Crippen LogP contribution in [0.1, 0.15) is 25.3 Å². The molecule has 0 bridgehead atoms. The lowest BCUT2D eigenvalue weighted by atomic mass is 9.78. The van der Waals surface area contributed by atoms with Gasteiger partial charge in [-0.05, 0) is 30.2 Å². The lowest BCUT2D eigenvalue weighted by Gasteiger charge is -2.29. The number of halogens is 1. The number of nitrogens with two attached hydrogens (primary N) is 1. The Morgan fingerprint density at radius 2 is 1.67 bits per heavy atom. The van der Waals surface area contributed by atoms with Gasteiger partial charge in [-0.1, -0.05) is 60.1 Å². The van der Waals surface area contributed by atoms with Crippen molar-refractivity contribution in [3.8, 4) is 6.07 Å². The highest BCUT2D eigenvalue weighted by atomic mass is 35.5. The molecule has 0 spiro atoms. The summed E-state index contributed by atoms with van der Waals surface area (Å²) in [6.07, 6.45) is 0. The molecule has 6 heteroatoms. The van der Waals surface area contributed by atoms with E-state index in [-0.39, 0.29) is 23.6 Å². The van der Waals surface area contributed by atoms with Gasteiger partial charge in [-0.2, -0.15) is 5.26 Å². The van der Waals surface area contributed by atoms with E-state index < -0.39 is 11.9 Å². The van der Waals surface area contributed by atoms with Crippen molar-refractivity contribution in [2.75, 3.05) is 6.61 Å². The molecule has 1 aliphatic heterocycles. The smallest absolute Gasteiger partial charge is 0.338 e. The second kappa shape index (κ2) is 7.74. The average molecular weight is 419 g/mol. The van der Waals surface area contributed by atoms with E-state index in [0.29, 0.717) is 10.8 Å². The summed E-state index contributed by atoms with van der Waals surface area (Å²) in [6.45, 7) is 3.58. The number of rotatable bonds is 3. The summed E-state index contributed by atoms with van der Waals surface area (Å²) in [4.78, 5) is 12.9. The summed E-state index contributed by atoms with van der Waals surface area (Å²) < 4.78 is 10.9. The van der Waals surface area contributed by atoms with Crippen LogP contribution in [0, 0.1) is 11.3 Å². The van der Waals surface area contributed by atoms with E-state index in [0.717, 1.165) is 27.1 Å². The summed E-state index contributed by atoms with van der Waals surface area (Å²) >= 11 is 6.73. The molecule has 1 heterocycles. The Bertz CT molecular complexity index is 1240. The number of ether oxygens (including phenoxy) is 2. The molecule has 0 radical (unpaired) electrons. The largest absolute Gasteiger partial charge is 0.463 e. The monoisotopic (exact) mass is 418 g/mol. The number of nitriles is 1. The first-order chi connectivity index (χ1) is 14.5. The summed E-state index contributed by atoms with van der Waals surface area (Å²) in [5.41, 5.74) is 7.29. The first kappa shape index (κ1) is 19.8. The van der Waals surface area contributed by atoms with Crippen molar-refractivity contribution in [3.05, 3.63) is 81.9 Å². The molecule has 5 nitrogen and oxygen atoms in total. The Balaban J connectivity index is 2.17. The maximum Gasteiger partial charge on any atom is 0.338 e. The fourth-order valence-corrected chi connectivity index (χ4v) is 4.39. The van der Waals surface area contributed by atoms with Gasteiger partial charge in [-0.15, -0.1) is 0 Å². The summed E-state index contributed by atoms with van der Waals surface area (Å²) in [6, 6.07) is 17.5. The van der Waals surface area contributed by atoms with Gasteiger partial charge >= 0.3 is 5.97 Å². The first-order valence-corrected chi connectivity index (χ1v) is 9.91. The SMILES string of the molecule is CCOC(=O)C1=C(C)OC(N)=C(C#N)C1c1c2ccccc2c(Cl)c2ccccc12. The third kappa shape index (κ3) is 2.97. The molecule has 0 saturated heterocycles. The Labute approximate surface area is 178 Å². The van der Waals surface area contributed by atoms with Crippen LogP contribution in [0.4, 0.5) is 0 Å². The molecule has 1 atom stereocenters. The van der Waals surface area contributed by atoms with Crippen molar-refractivity contribution in [1.29, 1.82) is 5.26 Å². The zero-order valence-electron chi connectivity index (χ0n) is 16.5. The molecule has 4 rings (SSSR count). The predicted molar refractivity (Wildman–Crippen MR) is 116 cm³/mol. The van der Waals surface area contributed by atoms with E-state index in [1.54, 1.807) is 13.8 Å². The molecular weight excluding hydrogens is 400 g/mol. The van der Waals surface area contributed by atoms with E-state index in [4.69, 9.17) is 26.8 Å². The van der Waals surface area contributed by atoms with E-state index in [2.05, 4.69) is 6.07 Å². The minimum atomic E-state index is -0.741. The van der Waals surface area contributed by atoms with Crippen LogP contribution in [0.3, 0.4) is 0 Å². The maximum absolute atomic E-state index is 12.9. The zero-order chi connectivity index (χ0) is 21.4. The standard InChI is InChI=1S/C24H19ClN2O3/c1-3-29-24(28)19-13(2)30-23(27)18(12-26)21(19)20-14-8-4-6-10-16(14)22(25)17-11-7-5-9-15(17)20/h4-11,21H,3,27H2,1-2H3. The minimum Gasteiger partial charge on any atom is -0.463 e. The molecule has 1 unspecified atom stereocenters. The van der Waals surface area contributed by atoms with Gasteiger partial charge in [-0.25, -0.2) is 4.79 Å². The van der Waals surface area contributed by atoms with Gasteiger partial charge in [0.05, 0.1) is 23.1 Å². The van der Waals surface area contributed by atoms with Crippen LogP contribution in [0.2, 0.25) is 5.02 Å². The number of carbonyl (C=O) groups is 1. The highest BCUT2D eigenvalue weighted by Crippen LogP contribution is 2.47. The summed E-state index contributed by atoms with van der Waals surface area (Å²) in [5, 5.41) is 13.9. The Morgan fingerprint density at radius 1 is 1.13 bits per heavy atom. The topological polar surface area (TPSA) is 85.3 Å². The van der Waals surface area contributed by atoms with Crippen molar-refractivity contribution in [2.24, 2.45) is 5.73 Å². The van der Waals surface area contributed by atoms with Gasteiger partial charge in [0.15, 0.2) is 0 Å². The lowest BCUT2D eigenvalue weighted by molar-refractivity contribution is -0.139. The molecule has 0 aliphatic carbocycles. The van der Waals surface area contributed by atoms with E-state index in [9.17, 15) is 10.1 Å². The van der Waals surface area contributed by atoms with Crippen LogP contribution in [0.25, 0.3) is 21.5 Å². The number of hydrogen-bond donors (Lipinski definition) is 1. The molecule has 150 valence electrons. The third-order valence-corrected chi connectivity index (χ3v) is 5.70. The zero-order valence-corrected chi connectivity index (χ0v) is 17.3. The fraction of sp³-hybridized carbons (Fsp3) is 0.167. The Hall–Kier alpha value is -3.49. The van der Waals surface area contributed by atoms with Gasteiger partial charge in [0.25, 0.3) is 0 Å². The van der Waals surface area contributed by atoms with Gasteiger partial charge < -0.3 is 15.2 Å².